The number of carbonyl (C=O) groups is 3. The molecule has 1 unspecified atom stereocenters. The summed E-state index contributed by atoms with van der Waals surface area (Å²) in [6, 6.07) is 13.3. The number of amides is 3. The van der Waals surface area contributed by atoms with Crippen LogP contribution >= 0.6 is 0 Å². The van der Waals surface area contributed by atoms with Gasteiger partial charge in [-0.2, -0.15) is 0 Å². The first-order valence-electron chi connectivity index (χ1n) is 13.0. The van der Waals surface area contributed by atoms with Gasteiger partial charge in [0.1, 0.15) is 23.4 Å². The highest BCUT2D eigenvalue weighted by atomic mass is 16.5. The molecule has 2 aliphatic heterocycles. The third-order valence-electron chi connectivity index (χ3n) is 7.11. The van der Waals surface area contributed by atoms with E-state index in [0.717, 1.165) is 34.5 Å². The van der Waals surface area contributed by atoms with Gasteiger partial charge in [-0.3, -0.25) is 19.4 Å². The maximum absolute atomic E-state index is 12.7. The zero-order valence-corrected chi connectivity index (χ0v) is 22.0. The Balaban J connectivity index is 1.19. The van der Waals surface area contributed by atoms with Crippen LogP contribution in [0.4, 0.5) is 22.9 Å². The quantitative estimate of drug-likeness (QED) is 0.273. The molecule has 3 amide bonds. The average Bonchev–Trinajstić information content (AvgIpc) is 3.38. The van der Waals surface area contributed by atoms with Gasteiger partial charge in [-0.15, -0.1) is 0 Å². The number of nitrogens with one attached hydrogen (secondary N) is 2. The largest absolute Gasteiger partial charge is 0.507 e. The average molecular weight is 551 g/mol. The fourth-order valence-corrected chi connectivity index (χ4v) is 5.08. The highest BCUT2D eigenvalue weighted by Gasteiger charge is 2.27. The lowest BCUT2D eigenvalue weighted by Gasteiger charge is -2.28. The Morgan fingerprint density at radius 1 is 1.05 bits per heavy atom. The van der Waals surface area contributed by atoms with Gasteiger partial charge in [0.15, 0.2) is 0 Å². The fourth-order valence-electron chi connectivity index (χ4n) is 5.08. The standard InChI is InChI=1S/C30H26N6O5/c1-16-23-12-27(33-15-24(23)21-7-5-20(11-26(21)41-16)36-8-2-3-28(36)38)34-18-10-19(14-32-13-18)35-30(40)17-4-6-22(29(31)39)25(37)9-17/h4-7,9-16,37H,2-3,8H2,1H3,(H2,31,39)(H,33,34)(H,35,40). The van der Waals surface area contributed by atoms with Crippen molar-refractivity contribution in [2.75, 3.05) is 22.1 Å². The molecule has 0 aliphatic carbocycles. The van der Waals surface area contributed by atoms with Gasteiger partial charge in [0, 0.05) is 53.2 Å². The SMILES string of the molecule is CC1Oc2cc(N3CCCC3=O)ccc2-c2cnc(Nc3cncc(NC(=O)c4ccc(C(N)=O)c(O)c4)c3)cc21. The Kier molecular flexibility index (Phi) is 6.46. The minimum absolute atomic E-state index is 0.0708. The van der Waals surface area contributed by atoms with Crippen molar-refractivity contribution in [1.29, 1.82) is 0 Å². The first-order chi connectivity index (χ1) is 19.8. The number of pyridine rings is 2. The van der Waals surface area contributed by atoms with E-state index in [9.17, 15) is 19.5 Å². The number of nitrogens with zero attached hydrogens (tertiary/aromatic N) is 3. The summed E-state index contributed by atoms with van der Waals surface area (Å²) in [5, 5.41) is 15.9. The number of ether oxygens (including phenoxy) is 1. The lowest BCUT2D eigenvalue weighted by Crippen LogP contribution is -2.24. The second kappa shape index (κ2) is 10.3. The number of primary amides is 1. The van der Waals surface area contributed by atoms with Crippen molar-refractivity contribution >= 4 is 40.6 Å². The normalized spacial score (nSPS) is 15.5. The predicted molar refractivity (Wildman–Crippen MR) is 152 cm³/mol. The molecular weight excluding hydrogens is 524 g/mol. The van der Waals surface area contributed by atoms with E-state index in [1.165, 1.54) is 24.4 Å². The molecule has 41 heavy (non-hydrogen) atoms. The van der Waals surface area contributed by atoms with Crippen LogP contribution in [0.25, 0.3) is 11.1 Å². The molecule has 2 aliphatic rings. The van der Waals surface area contributed by atoms with Crippen molar-refractivity contribution in [3.8, 4) is 22.6 Å². The molecule has 1 fully saturated rings. The third-order valence-corrected chi connectivity index (χ3v) is 7.11. The van der Waals surface area contributed by atoms with Crippen LogP contribution < -0.4 is 26.0 Å². The van der Waals surface area contributed by atoms with Crippen LogP contribution in [-0.2, 0) is 4.79 Å². The van der Waals surface area contributed by atoms with Crippen molar-refractivity contribution in [1.82, 2.24) is 9.97 Å². The van der Waals surface area contributed by atoms with Crippen molar-refractivity contribution in [2.24, 2.45) is 5.73 Å². The van der Waals surface area contributed by atoms with Crippen LogP contribution in [0.3, 0.4) is 0 Å². The van der Waals surface area contributed by atoms with Gasteiger partial charge in [-0.05, 0) is 55.8 Å². The summed E-state index contributed by atoms with van der Waals surface area (Å²) in [6.07, 6.45) is 6.05. The van der Waals surface area contributed by atoms with Gasteiger partial charge >= 0.3 is 0 Å². The number of anilines is 4. The lowest BCUT2D eigenvalue weighted by molar-refractivity contribution is -0.117. The van der Waals surface area contributed by atoms with Gasteiger partial charge in [0.05, 0.1) is 29.3 Å². The summed E-state index contributed by atoms with van der Waals surface area (Å²) in [6.45, 7) is 2.68. The number of aromatic hydroxyl groups is 1. The first-order valence-corrected chi connectivity index (χ1v) is 13.0. The third kappa shape index (κ3) is 5.00. The molecule has 6 rings (SSSR count). The van der Waals surface area contributed by atoms with Crippen LogP contribution in [0.15, 0.2) is 67.1 Å². The van der Waals surface area contributed by atoms with E-state index >= 15 is 0 Å². The van der Waals surface area contributed by atoms with Crippen molar-refractivity contribution in [2.45, 2.75) is 25.9 Å². The Hall–Kier alpha value is -5.45. The molecule has 0 saturated carbocycles. The molecule has 0 spiro atoms. The van der Waals surface area contributed by atoms with Crippen molar-refractivity contribution in [3.63, 3.8) is 0 Å². The molecule has 4 aromatic rings. The highest BCUT2D eigenvalue weighted by Crippen LogP contribution is 2.44. The topological polar surface area (TPSA) is 160 Å². The molecular formula is C30H26N6O5. The molecule has 5 N–H and O–H groups in total. The summed E-state index contributed by atoms with van der Waals surface area (Å²) < 4.78 is 6.24. The van der Waals surface area contributed by atoms with E-state index in [1.807, 2.05) is 31.2 Å². The number of nitrogens with two attached hydrogens (primary N) is 1. The van der Waals surface area contributed by atoms with E-state index in [-0.39, 0.29) is 28.9 Å². The summed E-state index contributed by atoms with van der Waals surface area (Å²) in [5.41, 5.74) is 9.94. The minimum Gasteiger partial charge on any atom is -0.507 e. The summed E-state index contributed by atoms with van der Waals surface area (Å²) in [5.74, 6) is -0.246. The zero-order chi connectivity index (χ0) is 28.7. The van der Waals surface area contributed by atoms with E-state index in [0.29, 0.717) is 30.2 Å². The molecule has 1 saturated heterocycles. The van der Waals surface area contributed by atoms with E-state index in [2.05, 4.69) is 20.6 Å². The number of hydrogen-bond acceptors (Lipinski definition) is 8. The summed E-state index contributed by atoms with van der Waals surface area (Å²) in [4.78, 5) is 46.8. The fraction of sp³-hybridized carbons (Fsp3) is 0.167. The molecule has 11 heteroatoms. The molecule has 4 heterocycles. The molecule has 1 atom stereocenters. The number of aromatic nitrogens is 2. The first kappa shape index (κ1) is 25.8. The maximum atomic E-state index is 12.7. The van der Waals surface area contributed by atoms with Gasteiger partial charge in [0.2, 0.25) is 5.91 Å². The van der Waals surface area contributed by atoms with E-state index < -0.39 is 11.8 Å². The molecule has 2 aromatic carbocycles. The number of rotatable bonds is 6. The molecule has 11 nitrogen and oxygen atoms in total. The van der Waals surface area contributed by atoms with Gasteiger partial charge < -0.3 is 31.1 Å². The second-order valence-electron chi connectivity index (χ2n) is 9.88. The van der Waals surface area contributed by atoms with Crippen molar-refractivity contribution < 1.29 is 24.2 Å². The van der Waals surface area contributed by atoms with Crippen LogP contribution in [-0.4, -0.2) is 39.3 Å². The van der Waals surface area contributed by atoms with Crippen LogP contribution in [0.5, 0.6) is 11.5 Å². The Morgan fingerprint density at radius 3 is 2.63 bits per heavy atom. The monoisotopic (exact) mass is 550 g/mol. The molecule has 206 valence electrons. The van der Waals surface area contributed by atoms with Gasteiger partial charge in [-0.25, -0.2) is 4.98 Å². The van der Waals surface area contributed by atoms with Crippen LogP contribution in [0.1, 0.15) is 52.1 Å². The Morgan fingerprint density at radius 2 is 1.88 bits per heavy atom. The predicted octanol–water partition coefficient (Wildman–Crippen LogP) is 4.52. The molecule has 0 bridgehead atoms. The van der Waals surface area contributed by atoms with Gasteiger partial charge in [0.25, 0.3) is 11.8 Å². The second-order valence-corrected chi connectivity index (χ2v) is 9.88. The number of carbonyl (C=O) groups excluding carboxylic acids is 3. The van der Waals surface area contributed by atoms with E-state index in [4.69, 9.17) is 10.5 Å². The lowest BCUT2D eigenvalue weighted by atomic mass is 9.94. The summed E-state index contributed by atoms with van der Waals surface area (Å²) in [7, 11) is 0. The number of phenols is 1. The van der Waals surface area contributed by atoms with Crippen LogP contribution in [0, 0.1) is 0 Å². The van der Waals surface area contributed by atoms with E-state index in [1.54, 1.807) is 23.4 Å². The highest BCUT2D eigenvalue weighted by molar-refractivity contribution is 6.06. The maximum Gasteiger partial charge on any atom is 0.255 e. The minimum atomic E-state index is -0.789. The molecule has 2 aromatic heterocycles. The molecule has 0 radical (unpaired) electrons. The Bertz CT molecular complexity index is 1720. The van der Waals surface area contributed by atoms with Crippen molar-refractivity contribution in [3.05, 3.63) is 83.8 Å². The number of benzene rings is 2. The number of hydrogen-bond donors (Lipinski definition) is 4. The zero-order valence-electron chi connectivity index (χ0n) is 22.0. The summed E-state index contributed by atoms with van der Waals surface area (Å²) >= 11 is 0. The number of fused-ring (bicyclic) bond motifs is 3. The smallest absolute Gasteiger partial charge is 0.255 e. The van der Waals surface area contributed by atoms with Crippen LogP contribution in [0.2, 0.25) is 0 Å². The van der Waals surface area contributed by atoms with Gasteiger partial charge in [-0.1, -0.05) is 0 Å². The Labute approximate surface area is 235 Å².